The van der Waals surface area contributed by atoms with Gasteiger partial charge in [-0.2, -0.15) is 0 Å². The summed E-state index contributed by atoms with van der Waals surface area (Å²) in [4.78, 5) is 5.99. The number of nitrogens with one attached hydrogen (secondary N) is 1. The lowest BCUT2D eigenvalue weighted by atomic mass is 9.91. The summed E-state index contributed by atoms with van der Waals surface area (Å²) in [6.45, 7) is 10.2. The molecule has 0 fully saturated rings. The molecule has 2 rings (SSSR count). The zero-order chi connectivity index (χ0) is 15.5. The molecule has 0 saturated heterocycles. The molecule has 1 unspecified atom stereocenters. The zero-order valence-electron chi connectivity index (χ0n) is 13.5. The molecule has 0 aromatic carbocycles. The van der Waals surface area contributed by atoms with E-state index >= 15 is 0 Å². The second-order valence-corrected chi connectivity index (χ2v) is 7.14. The van der Waals surface area contributed by atoms with Crippen LogP contribution < -0.4 is 5.32 Å². The van der Waals surface area contributed by atoms with Crippen LogP contribution in [0.3, 0.4) is 0 Å². The van der Waals surface area contributed by atoms with Crippen LogP contribution in [0.25, 0.3) is 0 Å². The first-order chi connectivity index (χ1) is 9.92. The van der Waals surface area contributed by atoms with Gasteiger partial charge in [-0.05, 0) is 25.3 Å². The van der Waals surface area contributed by atoms with Gasteiger partial charge in [0.25, 0.3) is 0 Å². The van der Waals surface area contributed by atoms with Crippen LogP contribution in [0.2, 0.25) is 0 Å². The number of aryl methyl sites for hydroxylation is 1. The van der Waals surface area contributed by atoms with Crippen LogP contribution in [0.1, 0.15) is 31.3 Å². The Morgan fingerprint density at radius 2 is 2.24 bits per heavy atom. The third kappa shape index (κ3) is 4.08. The Labute approximate surface area is 131 Å². The number of anilines is 1. The Morgan fingerprint density at radius 1 is 1.48 bits per heavy atom. The summed E-state index contributed by atoms with van der Waals surface area (Å²) in [6, 6.07) is 4.55. The predicted molar refractivity (Wildman–Crippen MR) is 89.3 cm³/mol. The average molecular weight is 307 g/mol. The van der Waals surface area contributed by atoms with Gasteiger partial charge in [-0.25, -0.2) is 4.98 Å². The van der Waals surface area contributed by atoms with Gasteiger partial charge < -0.3 is 14.6 Å². The molecule has 0 bridgehead atoms. The number of methoxy groups -OCH3 is 1. The first-order valence-electron chi connectivity index (χ1n) is 7.25. The van der Waals surface area contributed by atoms with E-state index in [1.165, 1.54) is 4.88 Å². The van der Waals surface area contributed by atoms with E-state index in [0.29, 0.717) is 6.61 Å². The number of hydrogen-bond donors (Lipinski definition) is 1. The van der Waals surface area contributed by atoms with E-state index in [-0.39, 0.29) is 11.5 Å². The van der Waals surface area contributed by atoms with Crippen LogP contribution in [0.4, 0.5) is 5.95 Å². The number of rotatable bonds is 7. The topological polar surface area (TPSA) is 39.1 Å². The van der Waals surface area contributed by atoms with Gasteiger partial charge in [-0.1, -0.05) is 19.9 Å². The average Bonchev–Trinajstić information content (AvgIpc) is 3.00. The molecule has 0 saturated carbocycles. The van der Waals surface area contributed by atoms with Gasteiger partial charge in [0.15, 0.2) is 0 Å². The Kier molecular flexibility index (Phi) is 5.06. The van der Waals surface area contributed by atoms with Gasteiger partial charge in [0.05, 0.1) is 12.3 Å². The summed E-state index contributed by atoms with van der Waals surface area (Å²) < 4.78 is 7.39. The van der Waals surface area contributed by atoms with Crippen LogP contribution in [-0.4, -0.2) is 29.3 Å². The van der Waals surface area contributed by atoms with Crippen molar-refractivity contribution >= 4 is 17.3 Å². The van der Waals surface area contributed by atoms with Crippen molar-refractivity contribution in [2.75, 3.05) is 19.0 Å². The normalized spacial score (nSPS) is 13.4. The molecule has 21 heavy (non-hydrogen) atoms. The largest absolute Gasteiger partial charge is 0.383 e. The SMILES string of the molecule is COCC(C)Nc1nc(C)cn1CC(C)(C)c1cccs1. The highest BCUT2D eigenvalue weighted by Gasteiger charge is 2.24. The molecule has 5 heteroatoms. The van der Waals surface area contributed by atoms with Crippen LogP contribution in [-0.2, 0) is 16.7 Å². The van der Waals surface area contributed by atoms with Crippen molar-refractivity contribution in [3.8, 4) is 0 Å². The molecular formula is C16H25N3OS. The van der Waals surface area contributed by atoms with Crippen molar-refractivity contribution in [2.24, 2.45) is 0 Å². The fourth-order valence-corrected chi connectivity index (χ4v) is 3.31. The quantitative estimate of drug-likeness (QED) is 0.848. The smallest absolute Gasteiger partial charge is 0.203 e. The zero-order valence-corrected chi connectivity index (χ0v) is 14.3. The number of ether oxygens (including phenoxy) is 1. The summed E-state index contributed by atoms with van der Waals surface area (Å²) in [5.41, 5.74) is 1.12. The van der Waals surface area contributed by atoms with Crippen molar-refractivity contribution in [1.82, 2.24) is 9.55 Å². The third-order valence-electron chi connectivity index (χ3n) is 3.44. The van der Waals surface area contributed by atoms with E-state index in [2.05, 4.69) is 59.3 Å². The molecule has 0 aliphatic carbocycles. The van der Waals surface area contributed by atoms with Crippen molar-refractivity contribution in [1.29, 1.82) is 0 Å². The number of thiophene rings is 1. The fourth-order valence-electron chi connectivity index (χ4n) is 2.46. The lowest BCUT2D eigenvalue weighted by Crippen LogP contribution is -2.27. The summed E-state index contributed by atoms with van der Waals surface area (Å²) in [5, 5.41) is 5.57. The molecule has 0 amide bonds. The summed E-state index contributed by atoms with van der Waals surface area (Å²) >= 11 is 1.81. The molecule has 0 aliphatic heterocycles. The fraction of sp³-hybridized carbons (Fsp3) is 0.562. The van der Waals surface area contributed by atoms with E-state index in [0.717, 1.165) is 18.2 Å². The van der Waals surface area contributed by atoms with E-state index in [1.807, 2.05) is 18.3 Å². The number of hydrogen-bond acceptors (Lipinski definition) is 4. The van der Waals surface area contributed by atoms with E-state index in [9.17, 15) is 0 Å². The first kappa shape index (κ1) is 16.0. The molecule has 2 heterocycles. The Balaban J connectivity index is 2.16. The lowest BCUT2D eigenvalue weighted by Gasteiger charge is -2.25. The second kappa shape index (κ2) is 6.62. The Bertz CT molecular complexity index is 560. The molecule has 1 atom stereocenters. The van der Waals surface area contributed by atoms with Gasteiger partial charge in [0.2, 0.25) is 5.95 Å². The van der Waals surface area contributed by atoms with Crippen LogP contribution in [0, 0.1) is 6.92 Å². The predicted octanol–water partition coefficient (Wildman–Crippen LogP) is 3.68. The van der Waals surface area contributed by atoms with E-state index in [4.69, 9.17) is 4.74 Å². The highest BCUT2D eigenvalue weighted by Crippen LogP contribution is 2.30. The second-order valence-electron chi connectivity index (χ2n) is 6.20. The minimum atomic E-state index is 0.0855. The standard InChI is InChI=1S/C16H25N3OS/c1-12-9-19(15(17-12)18-13(2)10-20-5)11-16(3,4)14-7-6-8-21-14/h6-9,13H,10-11H2,1-5H3,(H,17,18). The van der Waals surface area contributed by atoms with Gasteiger partial charge in [-0.15, -0.1) is 11.3 Å². The van der Waals surface area contributed by atoms with Crippen molar-refractivity contribution < 1.29 is 4.74 Å². The molecule has 1 N–H and O–H groups in total. The maximum atomic E-state index is 5.18. The maximum absolute atomic E-state index is 5.18. The highest BCUT2D eigenvalue weighted by atomic mass is 32.1. The summed E-state index contributed by atoms with van der Waals surface area (Å²) in [5.74, 6) is 0.918. The van der Waals surface area contributed by atoms with Crippen LogP contribution >= 0.6 is 11.3 Å². The molecule has 116 valence electrons. The van der Waals surface area contributed by atoms with Gasteiger partial charge in [0.1, 0.15) is 0 Å². The molecule has 0 aliphatic rings. The number of aromatic nitrogens is 2. The van der Waals surface area contributed by atoms with Gasteiger partial charge in [-0.3, -0.25) is 0 Å². The molecule has 2 aromatic heterocycles. The summed E-state index contributed by atoms with van der Waals surface area (Å²) in [7, 11) is 1.72. The molecule has 0 spiro atoms. The maximum Gasteiger partial charge on any atom is 0.203 e. The molecular weight excluding hydrogens is 282 g/mol. The van der Waals surface area contributed by atoms with Crippen molar-refractivity contribution in [3.05, 3.63) is 34.3 Å². The molecule has 4 nitrogen and oxygen atoms in total. The monoisotopic (exact) mass is 307 g/mol. The van der Waals surface area contributed by atoms with Crippen LogP contribution in [0.5, 0.6) is 0 Å². The molecule has 2 aromatic rings. The van der Waals surface area contributed by atoms with Crippen LogP contribution in [0.15, 0.2) is 23.7 Å². The first-order valence-corrected chi connectivity index (χ1v) is 8.13. The Hall–Kier alpha value is -1.33. The number of nitrogens with zero attached hydrogens (tertiary/aromatic N) is 2. The van der Waals surface area contributed by atoms with Gasteiger partial charge in [0, 0.05) is 36.2 Å². The van der Waals surface area contributed by atoms with E-state index < -0.39 is 0 Å². The van der Waals surface area contributed by atoms with Crippen molar-refractivity contribution in [3.63, 3.8) is 0 Å². The van der Waals surface area contributed by atoms with Crippen molar-refractivity contribution in [2.45, 2.75) is 45.7 Å². The Morgan fingerprint density at radius 3 is 2.86 bits per heavy atom. The van der Waals surface area contributed by atoms with Gasteiger partial charge >= 0.3 is 0 Å². The molecule has 0 radical (unpaired) electrons. The highest BCUT2D eigenvalue weighted by molar-refractivity contribution is 7.10. The van der Waals surface area contributed by atoms with E-state index in [1.54, 1.807) is 7.11 Å². The lowest BCUT2D eigenvalue weighted by molar-refractivity contribution is 0.190. The summed E-state index contributed by atoms with van der Waals surface area (Å²) in [6.07, 6.45) is 2.11. The third-order valence-corrected chi connectivity index (χ3v) is 4.68. The minimum Gasteiger partial charge on any atom is -0.383 e. The minimum absolute atomic E-state index is 0.0855. The number of imidazole rings is 1.